The normalized spacial score (nSPS) is 17.1. The van der Waals surface area contributed by atoms with Crippen LogP contribution in [0.15, 0.2) is 23.2 Å². The fourth-order valence-corrected chi connectivity index (χ4v) is 1.20. The molecule has 1 aliphatic heterocycles. The number of ether oxygens (including phenoxy) is 2. The van der Waals surface area contributed by atoms with Gasteiger partial charge in [0.2, 0.25) is 0 Å². The van der Waals surface area contributed by atoms with E-state index in [1.807, 2.05) is 0 Å². The summed E-state index contributed by atoms with van der Waals surface area (Å²) in [5.74, 6) is -1.85. The van der Waals surface area contributed by atoms with Crippen LogP contribution in [0.25, 0.3) is 0 Å². The molecule has 0 unspecified atom stereocenters. The van der Waals surface area contributed by atoms with Crippen LogP contribution in [-0.4, -0.2) is 16.1 Å². The van der Waals surface area contributed by atoms with Crippen LogP contribution in [0.2, 0.25) is 0 Å². The predicted octanol–water partition coefficient (Wildman–Crippen LogP) is 0.992. The van der Waals surface area contributed by atoms with Gasteiger partial charge in [-0.25, -0.2) is 4.98 Å². The largest absolute Gasteiger partial charge is 0.481 e. The number of carboxylic acid groups (broad SMARTS) is 1. The first-order valence-electron chi connectivity index (χ1n) is 4.27. The molecule has 0 saturated heterocycles. The molecule has 0 saturated carbocycles. The van der Waals surface area contributed by atoms with Gasteiger partial charge in [-0.3, -0.25) is 4.79 Å². The standard InChI is InChI=1S/C9H9NO5/c1-9(14-2-3-15-9)8-10-6(5-13-8)4-7(11)12/h2-3,5H,4H2,1H3,(H,11,12). The van der Waals surface area contributed by atoms with Crippen molar-refractivity contribution in [1.29, 1.82) is 0 Å². The second kappa shape index (κ2) is 3.30. The summed E-state index contributed by atoms with van der Waals surface area (Å²) < 4.78 is 15.4. The van der Waals surface area contributed by atoms with E-state index in [0.29, 0.717) is 5.69 Å². The van der Waals surface area contributed by atoms with Crippen molar-refractivity contribution >= 4 is 5.97 Å². The van der Waals surface area contributed by atoms with E-state index in [-0.39, 0.29) is 12.3 Å². The average molecular weight is 211 g/mol. The number of carbonyl (C=O) groups is 1. The molecule has 6 heteroatoms. The lowest BCUT2D eigenvalue weighted by atomic mass is 10.3. The van der Waals surface area contributed by atoms with Crippen molar-refractivity contribution in [3.8, 4) is 0 Å². The number of rotatable bonds is 3. The van der Waals surface area contributed by atoms with Gasteiger partial charge in [0.15, 0.2) is 0 Å². The first-order valence-corrected chi connectivity index (χ1v) is 4.27. The molecule has 1 aromatic rings. The van der Waals surface area contributed by atoms with Crippen molar-refractivity contribution in [2.24, 2.45) is 0 Å². The van der Waals surface area contributed by atoms with Crippen LogP contribution in [-0.2, 0) is 26.5 Å². The lowest BCUT2D eigenvalue weighted by Crippen LogP contribution is -2.22. The van der Waals surface area contributed by atoms with Crippen LogP contribution in [0.5, 0.6) is 0 Å². The lowest BCUT2D eigenvalue weighted by Gasteiger charge is -2.18. The van der Waals surface area contributed by atoms with Crippen molar-refractivity contribution < 1.29 is 23.8 Å². The molecule has 2 rings (SSSR count). The Morgan fingerprint density at radius 2 is 2.20 bits per heavy atom. The Balaban J connectivity index is 2.16. The van der Waals surface area contributed by atoms with Crippen LogP contribution in [0.3, 0.4) is 0 Å². The molecule has 80 valence electrons. The van der Waals surface area contributed by atoms with Gasteiger partial charge in [-0.1, -0.05) is 0 Å². The van der Waals surface area contributed by atoms with Crippen molar-refractivity contribution in [3.05, 3.63) is 30.4 Å². The van der Waals surface area contributed by atoms with Crippen molar-refractivity contribution in [2.45, 2.75) is 19.1 Å². The Bertz CT molecular complexity index is 400. The van der Waals surface area contributed by atoms with Crippen LogP contribution >= 0.6 is 0 Å². The van der Waals surface area contributed by atoms with E-state index in [1.54, 1.807) is 6.92 Å². The zero-order chi connectivity index (χ0) is 10.9. The molecule has 0 aromatic carbocycles. The van der Waals surface area contributed by atoms with Crippen molar-refractivity contribution in [1.82, 2.24) is 4.98 Å². The summed E-state index contributed by atoms with van der Waals surface area (Å²) in [5, 5.41) is 8.55. The molecule has 1 aliphatic rings. The molecule has 0 bridgehead atoms. The molecule has 0 fully saturated rings. The molecular weight excluding hydrogens is 202 g/mol. The number of oxazole rings is 1. The number of aromatic nitrogens is 1. The van der Waals surface area contributed by atoms with Crippen LogP contribution in [0.4, 0.5) is 0 Å². The fourth-order valence-electron chi connectivity index (χ4n) is 1.20. The van der Waals surface area contributed by atoms with E-state index in [9.17, 15) is 4.79 Å². The highest BCUT2D eigenvalue weighted by Gasteiger charge is 2.37. The van der Waals surface area contributed by atoms with E-state index in [4.69, 9.17) is 19.0 Å². The molecule has 0 aliphatic carbocycles. The van der Waals surface area contributed by atoms with Gasteiger partial charge in [0.1, 0.15) is 18.8 Å². The molecule has 0 radical (unpaired) electrons. The molecule has 0 amide bonds. The number of nitrogens with zero attached hydrogens (tertiary/aromatic N) is 1. The highest BCUT2D eigenvalue weighted by Crippen LogP contribution is 2.30. The first kappa shape index (κ1) is 9.57. The van der Waals surface area contributed by atoms with Gasteiger partial charge in [0.25, 0.3) is 5.89 Å². The van der Waals surface area contributed by atoms with Crippen LogP contribution in [0, 0.1) is 0 Å². The number of carboxylic acids is 1. The van der Waals surface area contributed by atoms with E-state index < -0.39 is 11.8 Å². The fraction of sp³-hybridized carbons (Fsp3) is 0.333. The Kier molecular flexibility index (Phi) is 2.11. The summed E-state index contributed by atoms with van der Waals surface area (Å²) in [4.78, 5) is 14.4. The minimum Gasteiger partial charge on any atom is -0.481 e. The van der Waals surface area contributed by atoms with E-state index in [0.717, 1.165) is 0 Å². The van der Waals surface area contributed by atoms with Crippen molar-refractivity contribution in [3.63, 3.8) is 0 Å². The molecule has 15 heavy (non-hydrogen) atoms. The Morgan fingerprint density at radius 1 is 1.53 bits per heavy atom. The highest BCUT2D eigenvalue weighted by molar-refractivity contribution is 5.69. The molecule has 1 N–H and O–H groups in total. The smallest absolute Gasteiger partial charge is 0.325 e. The molecule has 2 heterocycles. The summed E-state index contributed by atoms with van der Waals surface area (Å²) in [7, 11) is 0. The maximum atomic E-state index is 10.4. The summed E-state index contributed by atoms with van der Waals surface area (Å²) in [6, 6.07) is 0. The second-order valence-corrected chi connectivity index (χ2v) is 3.17. The molecule has 0 atom stereocenters. The van der Waals surface area contributed by atoms with Gasteiger partial charge in [-0.15, -0.1) is 0 Å². The van der Waals surface area contributed by atoms with Gasteiger partial charge in [-0.05, 0) is 0 Å². The van der Waals surface area contributed by atoms with E-state index >= 15 is 0 Å². The Hall–Kier alpha value is -1.98. The summed E-state index contributed by atoms with van der Waals surface area (Å²) in [6.07, 6.45) is 3.84. The van der Waals surface area contributed by atoms with Crippen LogP contribution in [0.1, 0.15) is 18.5 Å². The minimum atomic E-state index is -1.09. The zero-order valence-corrected chi connectivity index (χ0v) is 7.97. The van der Waals surface area contributed by atoms with E-state index in [2.05, 4.69) is 4.98 Å². The SMILES string of the molecule is CC1(c2nc(CC(=O)O)co2)OC=CO1. The summed E-state index contributed by atoms with van der Waals surface area (Å²) in [6.45, 7) is 1.63. The third-order valence-electron chi connectivity index (χ3n) is 1.91. The van der Waals surface area contributed by atoms with Gasteiger partial charge in [0.05, 0.1) is 12.1 Å². The third-order valence-corrected chi connectivity index (χ3v) is 1.91. The van der Waals surface area contributed by atoms with E-state index in [1.165, 1.54) is 18.8 Å². The first-order chi connectivity index (χ1) is 7.10. The molecule has 6 nitrogen and oxygen atoms in total. The maximum absolute atomic E-state index is 10.4. The molecule has 0 spiro atoms. The Morgan fingerprint density at radius 3 is 2.80 bits per heavy atom. The third kappa shape index (κ3) is 1.78. The Labute approximate surface area is 85.1 Å². The lowest BCUT2D eigenvalue weighted by molar-refractivity contribution is -0.150. The maximum Gasteiger partial charge on any atom is 0.325 e. The van der Waals surface area contributed by atoms with Gasteiger partial charge in [0, 0.05) is 6.92 Å². The summed E-state index contributed by atoms with van der Waals surface area (Å²) >= 11 is 0. The number of hydrogen-bond acceptors (Lipinski definition) is 5. The highest BCUT2D eigenvalue weighted by atomic mass is 16.7. The predicted molar refractivity (Wildman–Crippen MR) is 46.5 cm³/mol. The minimum absolute atomic E-state index is 0.187. The molecular formula is C9H9NO5. The van der Waals surface area contributed by atoms with Gasteiger partial charge >= 0.3 is 11.8 Å². The van der Waals surface area contributed by atoms with Gasteiger partial charge in [-0.2, -0.15) is 0 Å². The topological polar surface area (TPSA) is 81.8 Å². The monoisotopic (exact) mass is 211 g/mol. The quantitative estimate of drug-likeness (QED) is 0.802. The second-order valence-electron chi connectivity index (χ2n) is 3.17. The van der Waals surface area contributed by atoms with Crippen LogP contribution < -0.4 is 0 Å². The van der Waals surface area contributed by atoms with Gasteiger partial charge < -0.3 is 19.0 Å². The molecule has 1 aromatic heterocycles. The summed E-state index contributed by atoms with van der Waals surface area (Å²) in [5.41, 5.74) is 0.331. The number of aliphatic carboxylic acids is 1. The van der Waals surface area contributed by atoms with Crippen molar-refractivity contribution in [2.75, 3.05) is 0 Å². The average Bonchev–Trinajstić information content (AvgIpc) is 2.74. The zero-order valence-electron chi connectivity index (χ0n) is 7.97. The number of hydrogen-bond donors (Lipinski definition) is 1.